The van der Waals surface area contributed by atoms with E-state index in [1.165, 1.54) is 5.56 Å². The van der Waals surface area contributed by atoms with Crippen molar-refractivity contribution in [2.24, 2.45) is 0 Å². The van der Waals surface area contributed by atoms with Crippen molar-refractivity contribution in [1.29, 1.82) is 0 Å². The van der Waals surface area contributed by atoms with Gasteiger partial charge in [-0.1, -0.05) is 29.8 Å². The van der Waals surface area contributed by atoms with Gasteiger partial charge in [0.25, 0.3) is 0 Å². The first-order valence-electron chi connectivity index (χ1n) is 6.77. The first-order chi connectivity index (χ1) is 9.06. The maximum absolute atomic E-state index is 11.5. The van der Waals surface area contributed by atoms with Gasteiger partial charge in [0.2, 0.25) is 0 Å². The molecule has 4 heteroatoms. The van der Waals surface area contributed by atoms with Crippen LogP contribution in [-0.2, 0) is 11.2 Å². The van der Waals surface area contributed by atoms with E-state index >= 15 is 0 Å². The van der Waals surface area contributed by atoms with Crippen LogP contribution in [0.4, 0.5) is 0 Å². The van der Waals surface area contributed by atoms with Gasteiger partial charge in [-0.2, -0.15) is 0 Å². The highest BCUT2D eigenvalue weighted by atomic mass is 16.4. The highest BCUT2D eigenvalue weighted by Gasteiger charge is 2.28. The molecule has 104 valence electrons. The van der Waals surface area contributed by atoms with Crippen LogP contribution in [0, 0.1) is 6.92 Å². The Labute approximate surface area is 114 Å². The topological polar surface area (TPSA) is 43.8 Å². The van der Waals surface area contributed by atoms with Crippen LogP contribution in [0.3, 0.4) is 0 Å². The van der Waals surface area contributed by atoms with Crippen LogP contribution in [0.15, 0.2) is 24.3 Å². The minimum absolute atomic E-state index is 0.407. The zero-order chi connectivity index (χ0) is 13.8. The van der Waals surface area contributed by atoms with E-state index in [-0.39, 0.29) is 0 Å². The third-order valence-electron chi connectivity index (χ3n) is 3.78. The minimum Gasteiger partial charge on any atom is -0.480 e. The Kier molecular flexibility index (Phi) is 4.56. The number of hydrogen-bond acceptors (Lipinski definition) is 3. The lowest BCUT2D eigenvalue weighted by molar-refractivity contribution is -0.144. The maximum atomic E-state index is 11.5. The van der Waals surface area contributed by atoms with Gasteiger partial charge in [-0.25, -0.2) is 0 Å². The van der Waals surface area contributed by atoms with Crippen LogP contribution in [0.25, 0.3) is 0 Å². The van der Waals surface area contributed by atoms with Gasteiger partial charge >= 0.3 is 5.97 Å². The first-order valence-corrected chi connectivity index (χ1v) is 6.77. The third-order valence-corrected chi connectivity index (χ3v) is 3.78. The molecule has 0 saturated carbocycles. The monoisotopic (exact) mass is 262 g/mol. The molecule has 2 rings (SSSR count). The molecule has 1 heterocycles. The van der Waals surface area contributed by atoms with E-state index in [9.17, 15) is 9.90 Å². The molecule has 1 aliphatic heterocycles. The van der Waals surface area contributed by atoms with Gasteiger partial charge in [0.15, 0.2) is 0 Å². The molecule has 0 bridgehead atoms. The summed E-state index contributed by atoms with van der Waals surface area (Å²) in [5.74, 6) is -0.717. The molecule has 0 amide bonds. The van der Waals surface area contributed by atoms with Crippen molar-refractivity contribution in [2.45, 2.75) is 19.4 Å². The van der Waals surface area contributed by atoms with E-state index in [2.05, 4.69) is 22.9 Å². The summed E-state index contributed by atoms with van der Waals surface area (Å²) in [6.45, 7) is 5.59. The van der Waals surface area contributed by atoms with Crippen LogP contribution < -0.4 is 0 Å². The van der Waals surface area contributed by atoms with Crippen molar-refractivity contribution in [3.63, 3.8) is 0 Å². The number of aryl methyl sites for hydroxylation is 1. The molecule has 1 saturated heterocycles. The Bertz CT molecular complexity index is 440. The lowest BCUT2D eigenvalue weighted by Crippen LogP contribution is -2.52. The quantitative estimate of drug-likeness (QED) is 0.886. The molecule has 1 aliphatic rings. The van der Waals surface area contributed by atoms with Crippen molar-refractivity contribution in [1.82, 2.24) is 9.80 Å². The van der Waals surface area contributed by atoms with E-state index in [4.69, 9.17) is 0 Å². The van der Waals surface area contributed by atoms with E-state index in [0.717, 1.165) is 31.7 Å². The van der Waals surface area contributed by atoms with Crippen LogP contribution >= 0.6 is 0 Å². The summed E-state index contributed by atoms with van der Waals surface area (Å²) in [4.78, 5) is 15.8. The second-order valence-electron chi connectivity index (χ2n) is 5.39. The summed E-state index contributed by atoms with van der Waals surface area (Å²) in [6.07, 6.45) is 0.584. The highest BCUT2D eigenvalue weighted by Crippen LogP contribution is 2.13. The molecule has 1 atom stereocenters. The minimum atomic E-state index is -0.717. The average molecular weight is 262 g/mol. The summed E-state index contributed by atoms with van der Waals surface area (Å²) in [5.41, 5.74) is 2.28. The van der Waals surface area contributed by atoms with Crippen molar-refractivity contribution >= 4 is 5.97 Å². The molecular weight excluding hydrogens is 240 g/mol. The molecule has 19 heavy (non-hydrogen) atoms. The number of aliphatic carboxylic acids is 1. The van der Waals surface area contributed by atoms with Crippen molar-refractivity contribution in [3.8, 4) is 0 Å². The molecule has 4 nitrogen and oxygen atoms in total. The largest absolute Gasteiger partial charge is 0.480 e. The zero-order valence-electron chi connectivity index (χ0n) is 11.7. The Hall–Kier alpha value is -1.39. The fraction of sp³-hybridized carbons (Fsp3) is 0.533. The molecule has 0 spiro atoms. The second-order valence-corrected chi connectivity index (χ2v) is 5.39. The maximum Gasteiger partial charge on any atom is 0.321 e. The first kappa shape index (κ1) is 14.0. The number of likely N-dealkylation sites (N-methyl/N-ethyl adjacent to an activating group) is 1. The lowest BCUT2D eigenvalue weighted by Gasteiger charge is -2.36. The van der Waals surface area contributed by atoms with Crippen LogP contribution in [0.5, 0.6) is 0 Å². The Morgan fingerprint density at radius 2 is 2.00 bits per heavy atom. The Balaban J connectivity index is 2.06. The van der Waals surface area contributed by atoms with Crippen molar-refractivity contribution < 1.29 is 9.90 Å². The summed E-state index contributed by atoms with van der Waals surface area (Å²) in [7, 11) is 2.08. The van der Waals surface area contributed by atoms with Gasteiger partial charge in [-0.05, 0) is 26.0 Å². The van der Waals surface area contributed by atoms with Crippen LogP contribution in [0.2, 0.25) is 0 Å². The predicted molar refractivity (Wildman–Crippen MR) is 75.4 cm³/mol. The summed E-state index contributed by atoms with van der Waals surface area (Å²) < 4.78 is 0. The van der Waals surface area contributed by atoms with Crippen molar-refractivity contribution in [2.75, 3.05) is 33.2 Å². The fourth-order valence-electron chi connectivity index (χ4n) is 2.57. The number of hydrogen-bond donors (Lipinski definition) is 1. The number of carbonyl (C=O) groups is 1. The van der Waals surface area contributed by atoms with Gasteiger partial charge in [0.1, 0.15) is 6.04 Å². The molecule has 0 radical (unpaired) electrons. The van der Waals surface area contributed by atoms with E-state index < -0.39 is 12.0 Å². The number of carboxylic acid groups (broad SMARTS) is 1. The Morgan fingerprint density at radius 1 is 1.32 bits per heavy atom. The molecule has 1 unspecified atom stereocenters. The lowest BCUT2D eigenvalue weighted by atomic mass is 10.0. The van der Waals surface area contributed by atoms with Gasteiger partial charge < -0.3 is 10.0 Å². The zero-order valence-corrected chi connectivity index (χ0v) is 11.7. The summed E-state index contributed by atoms with van der Waals surface area (Å²) in [5, 5.41) is 9.47. The number of piperazine rings is 1. The number of rotatable bonds is 4. The number of nitrogens with zero attached hydrogens (tertiary/aromatic N) is 2. The van der Waals surface area contributed by atoms with Gasteiger partial charge in [0, 0.05) is 26.2 Å². The molecule has 0 aromatic heterocycles. The molecule has 1 aromatic rings. The predicted octanol–water partition coefficient (Wildman–Crippen LogP) is 1.24. The third kappa shape index (κ3) is 3.78. The number of benzene rings is 1. The van der Waals surface area contributed by atoms with Gasteiger partial charge in [-0.3, -0.25) is 9.69 Å². The van der Waals surface area contributed by atoms with Gasteiger partial charge in [-0.15, -0.1) is 0 Å². The molecule has 1 N–H and O–H groups in total. The van der Waals surface area contributed by atoms with E-state index in [0.29, 0.717) is 6.42 Å². The highest BCUT2D eigenvalue weighted by molar-refractivity contribution is 5.74. The van der Waals surface area contributed by atoms with E-state index in [1.54, 1.807) is 0 Å². The second kappa shape index (κ2) is 6.17. The molecule has 1 fully saturated rings. The Morgan fingerprint density at radius 3 is 2.58 bits per heavy atom. The van der Waals surface area contributed by atoms with E-state index in [1.807, 2.05) is 25.1 Å². The molecule has 0 aliphatic carbocycles. The summed E-state index contributed by atoms with van der Waals surface area (Å²) in [6, 6.07) is 7.71. The summed E-state index contributed by atoms with van der Waals surface area (Å²) >= 11 is 0. The normalized spacial score (nSPS) is 19.3. The number of carboxylic acids is 1. The van der Waals surface area contributed by atoms with Crippen LogP contribution in [0.1, 0.15) is 11.1 Å². The van der Waals surface area contributed by atoms with Gasteiger partial charge in [0.05, 0.1) is 0 Å². The standard InChI is InChI=1S/C15H22N2O2/c1-12-4-3-5-13(10-12)11-14(15(18)19)17-8-6-16(2)7-9-17/h3-5,10,14H,6-9,11H2,1-2H3,(H,18,19). The SMILES string of the molecule is Cc1cccc(CC(C(=O)O)N2CCN(C)CC2)c1. The van der Waals surface area contributed by atoms with Crippen LogP contribution in [-0.4, -0.2) is 60.1 Å². The molecule has 1 aromatic carbocycles. The smallest absolute Gasteiger partial charge is 0.321 e. The molecular formula is C15H22N2O2. The van der Waals surface area contributed by atoms with Crippen molar-refractivity contribution in [3.05, 3.63) is 35.4 Å². The average Bonchev–Trinajstić information content (AvgIpc) is 2.37. The fourth-order valence-corrected chi connectivity index (χ4v) is 2.57.